The van der Waals surface area contributed by atoms with E-state index in [0.29, 0.717) is 13.1 Å². The third-order valence-electron chi connectivity index (χ3n) is 3.94. The summed E-state index contributed by atoms with van der Waals surface area (Å²) in [4.78, 5) is 16.5. The van der Waals surface area contributed by atoms with Gasteiger partial charge in [0.2, 0.25) is 5.91 Å². The minimum Gasteiger partial charge on any atom is -0.467 e. The number of nitrogens with one attached hydrogen (secondary N) is 2. The second-order valence-electron chi connectivity index (χ2n) is 5.82. The number of furan rings is 1. The van der Waals surface area contributed by atoms with Crippen LogP contribution in [0.1, 0.15) is 23.9 Å². The Labute approximate surface area is 140 Å². The molecule has 0 aliphatic carbocycles. The molecule has 24 heavy (non-hydrogen) atoms. The first kappa shape index (κ1) is 16.2. The average Bonchev–Trinajstić information content (AvgIpc) is 3.19. The zero-order chi connectivity index (χ0) is 17.1. The Hall–Kier alpha value is -2.67. The van der Waals surface area contributed by atoms with Gasteiger partial charge in [-0.2, -0.15) is 5.10 Å². The molecule has 2 N–H and O–H groups in total. The minimum absolute atomic E-state index is 0.0713. The third kappa shape index (κ3) is 3.46. The molecule has 7 nitrogen and oxygen atoms in total. The summed E-state index contributed by atoms with van der Waals surface area (Å²) in [5.74, 6) is 0.662. The highest BCUT2D eigenvalue weighted by Crippen LogP contribution is 2.16. The highest BCUT2D eigenvalue weighted by atomic mass is 16.3. The van der Waals surface area contributed by atoms with Gasteiger partial charge in [0.25, 0.3) is 0 Å². The van der Waals surface area contributed by atoms with Crippen LogP contribution in [0.4, 0.5) is 0 Å². The lowest BCUT2D eigenvalue weighted by Crippen LogP contribution is -2.41. The van der Waals surface area contributed by atoms with Gasteiger partial charge >= 0.3 is 0 Å². The van der Waals surface area contributed by atoms with E-state index in [1.54, 1.807) is 17.0 Å². The van der Waals surface area contributed by atoms with Crippen molar-refractivity contribution >= 4 is 16.9 Å². The Morgan fingerprint density at radius 3 is 3.00 bits per heavy atom. The van der Waals surface area contributed by atoms with E-state index in [4.69, 9.17) is 4.42 Å². The van der Waals surface area contributed by atoms with Gasteiger partial charge in [0.05, 0.1) is 24.5 Å². The fourth-order valence-corrected chi connectivity index (χ4v) is 2.55. The standard InChI is InChI=1S/C17H21N5O2/c1-11-15-7-13(9-19-16(15)22(3)21-11)8-18-12(2)17(23)20-10-14-5-4-6-24-14/h4-7,9,12,18H,8,10H2,1-3H3,(H,20,23). The molecule has 0 spiro atoms. The number of hydrogen-bond donors (Lipinski definition) is 2. The van der Waals surface area contributed by atoms with Gasteiger partial charge in [0.15, 0.2) is 5.65 Å². The summed E-state index contributed by atoms with van der Waals surface area (Å²) in [5.41, 5.74) is 2.83. The topological polar surface area (TPSA) is 85.0 Å². The van der Waals surface area contributed by atoms with Gasteiger partial charge in [0.1, 0.15) is 5.76 Å². The molecule has 3 aromatic rings. The van der Waals surface area contributed by atoms with Crippen LogP contribution in [-0.4, -0.2) is 26.7 Å². The van der Waals surface area contributed by atoms with Crippen LogP contribution in [-0.2, 0) is 24.9 Å². The Balaban J connectivity index is 1.56. The quantitative estimate of drug-likeness (QED) is 0.719. The molecule has 0 saturated carbocycles. The second kappa shape index (κ2) is 6.84. The smallest absolute Gasteiger partial charge is 0.237 e. The number of aromatic nitrogens is 3. The van der Waals surface area contributed by atoms with Crippen LogP contribution in [0.15, 0.2) is 35.1 Å². The molecule has 1 unspecified atom stereocenters. The van der Waals surface area contributed by atoms with E-state index >= 15 is 0 Å². The Bertz CT molecular complexity index is 838. The maximum Gasteiger partial charge on any atom is 0.237 e. The van der Waals surface area contributed by atoms with E-state index in [1.165, 1.54) is 0 Å². The number of hydrogen-bond acceptors (Lipinski definition) is 5. The summed E-state index contributed by atoms with van der Waals surface area (Å²) >= 11 is 0. The van der Waals surface area contributed by atoms with Crippen LogP contribution < -0.4 is 10.6 Å². The van der Waals surface area contributed by atoms with E-state index in [0.717, 1.165) is 28.1 Å². The molecule has 0 saturated heterocycles. The van der Waals surface area contributed by atoms with E-state index in [-0.39, 0.29) is 11.9 Å². The maximum absolute atomic E-state index is 12.1. The first-order valence-electron chi connectivity index (χ1n) is 7.86. The molecule has 0 aliphatic rings. The summed E-state index contributed by atoms with van der Waals surface area (Å²) in [7, 11) is 1.88. The predicted molar refractivity (Wildman–Crippen MR) is 90.1 cm³/mol. The molecule has 7 heteroatoms. The number of amides is 1. The molecule has 1 amide bonds. The summed E-state index contributed by atoms with van der Waals surface area (Å²) in [6, 6.07) is 5.37. The van der Waals surface area contributed by atoms with Gasteiger partial charge in [-0.3, -0.25) is 9.48 Å². The number of carbonyl (C=O) groups is 1. The summed E-state index contributed by atoms with van der Waals surface area (Å²) < 4.78 is 6.97. The molecule has 126 valence electrons. The van der Waals surface area contributed by atoms with E-state index in [2.05, 4.69) is 26.8 Å². The number of pyridine rings is 1. The molecule has 0 bridgehead atoms. The largest absolute Gasteiger partial charge is 0.467 e. The molecule has 0 radical (unpaired) electrons. The first-order valence-corrected chi connectivity index (χ1v) is 7.86. The molecule has 0 fully saturated rings. The van der Waals surface area contributed by atoms with Gasteiger partial charge < -0.3 is 15.1 Å². The van der Waals surface area contributed by atoms with Gasteiger partial charge in [-0.1, -0.05) is 0 Å². The third-order valence-corrected chi connectivity index (χ3v) is 3.94. The fourth-order valence-electron chi connectivity index (χ4n) is 2.55. The molecule has 3 heterocycles. The van der Waals surface area contributed by atoms with Crippen molar-refractivity contribution in [1.82, 2.24) is 25.4 Å². The molecular weight excluding hydrogens is 306 g/mol. The van der Waals surface area contributed by atoms with Crippen LogP contribution in [0.3, 0.4) is 0 Å². The zero-order valence-corrected chi connectivity index (χ0v) is 14.0. The normalized spacial score (nSPS) is 12.5. The summed E-state index contributed by atoms with van der Waals surface area (Å²) in [5, 5.41) is 11.4. The van der Waals surface area contributed by atoms with Crippen molar-refractivity contribution in [2.24, 2.45) is 7.05 Å². The van der Waals surface area contributed by atoms with Crippen molar-refractivity contribution in [3.8, 4) is 0 Å². The van der Waals surface area contributed by atoms with Gasteiger partial charge in [-0.25, -0.2) is 4.98 Å². The Morgan fingerprint density at radius 1 is 1.42 bits per heavy atom. The highest BCUT2D eigenvalue weighted by molar-refractivity contribution is 5.81. The van der Waals surface area contributed by atoms with E-state index in [9.17, 15) is 4.79 Å². The fraction of sp³-hybridized carbons (Fsp3) is 0.353. The Kier molecular flexibility index (Phi) is 4.61. The highest BCUT2D eigenvalue weighted by Gasteiger charge is 2.13. The molecule has 1 atom stereocenters. The molecule has 3 rings (SSSR count). The lowest BCUT2D eigenvalue weighted by Gasteiger charge is -2.13. The summed E-state index contributed by atoms with van der Waals surface area (Å²) in [6.07, 6.45) is 3.40. The van der Waals surface area contributed by atoms with Gasteiger partial charge in [-0.05, 0) is 37.6 Å². The minimum atomic E-state index is -0.314. The van der Waals surface area contributed by atoms with Crippen molar-refractivity contribution in [2.75, 3.05) is 0 Å². The van der Waals surface area contributed by atoms with Crippen molar-refractivity contribution in [3.05, 3.63) is 47.7 Å². The van der Waals surface area contributed by atoms with Crippen molar-refractivity contribution in [1.29, 1.82) is 0 Å². The lowest BCUT2D eigenvalue weighted by molar-refractivity contribution is -0.123. The SMILES string of the molecule is Cc1nn(C)c2ncc(CNC(C)C(=O)NCc3ccco3)cc12. The zero-order valence-electron chi connectivity index (χ0n) is 14.0. The molecule has 0 aliphatic heterocycles. The number of rotatable bonds is 6. The van der Waals surface area contributed by atoms with Gasteiger partial charge in [-0.15, -0.1) is 0 Å². The van der Waals surface area contributed by atoms with Crippen LogP contribution in [0.25, 0.3) is 11.0 Å². The number of nitrogens with zero attached hydrogens (tertiary/aromatic N) is 3. The van der Waals surface area contributed by atoms with Crippen LogP contribution in [0.2, 0.25) is 0 Å². The van der Waals surface area contributed by atoms with Crippen LogP contribution in [0, 0.1) is 6.92 Å². The molecule has 3 aromatic heterocycles. The number of aryl methyl sites for hydroxylation is 2. The monoisotopic (exact) mass is 327 g/mol. The maximum atomic E-state index is 12.1. The van der Waals surface area contributed by atoms with Crippen molar-refractivity contribution in [3.63, 3.8) is 0 Å². The second-order valence-corrected chi connectivity index (χ2v) is 5.82. The van der Waals surface area contributed by atoms with Crippen molar-refractivity contribution < 1.29 is 9.21 Å². The first-order chi connectivity index (χ1) is 11.5. The number of carbonyl (C=O) groups excluding carboxylic acids is 1. The lowest BCUT2D eigenvalue weighted by atomic mass is 10.2. The molecular formula is C17H21N5O2. The summed E-state index contributed by atoms with van der Waals surface area (Å²) in [6.45, 7) is 4.75. The van der Waals surface area contributed by atoms with Crippen molar-refractivity contribution in [2.45, 2.75) is 33.0 Å². The molecule has 0 aromatic carbocycles. The Morgan fingerprint density at radius 2 is 2.25 bits per heavy atom. The van der Waals surface area contributed by atoms with Crippen LogP contribution in [0.5, 0.6) is 0 Å². The van der Waals surface area contributed by atoms with Crippen LogP contribution >= 0.6 is 0 Å². The average molecular weight is 327 g/mol. The van der Waals surface area contributed by atoms with E-state index < -0.39 is 0 Å². The van der Waals surface area contributed by atoms with Gasteiger partial charge in [0, 0.05) is 25.2 Å². The van der Waals surface area contributed by atoms with E-state index in [1.807, 2.05) is 33.2 Å². The number of fused-ring (bicyclic) bond motifs is 1. The predicted octanol–water partition coefficient (Wildman–Crippen LogP) is 1.66.